The van der Waals surface area contributed by atoms with E-state index < -0.39 is 0 Å². The fraction of sp³-hybridized carbons (Fsp3) is 0. The Kier molecular flexibility index (Phi) is 0.858. The number of H-pyrrole nitrogens is 1. The zero-order valence-corrected chi connectivity index (χ0v) is 5.00. The largest absolute Gasteiger partial charge is 0.383 e. The first-order chi connectivity index (χ1) is 4.88. The highest BCUT2D eigenvalue weighted by Crippen LogP contribution is 2.10. The van der Waals surface area contributed by atoms with E-state index >= 15 is 0 Å². The molecule has 1 radical (unpaired) electrons. The fourth-order valence-corrected chi connectivity index (χ4v) is 0.743. The summed E-state index contributed by atoms with van der Waals surface area (Å²) < 4.78 is 0. The Morgan fingerprint density at radius 2 is 2.40 bits per heavy atom. The van der Waals surface area contributed by atoms with E-state index in [2.05, 4.69) is 26.5 Å². The van der Waals surface area contributed by atoms with Crippen molar-refractivity contribution in [1.82, 2.24) is 20.2 Å². The van der Waals surface area contributed by atoms with Crippen molar-refractivity contribution >= 4 is 16.9 Å². The normalized spacial score (nSPS) is 10.4. The summed E-state index contributed by atoms with van der Waals surface area (Å²) in [6.45, 7) is 0. The van der Waals surface area contributed by atoms with Gasteiger partial charge in [0.1, 0.15) is 5.82 Å². The van der Waals surface area contributed by atoms with Crippen molar-refractivity contribution < 1.29 is 0 Å². The Morgan fingerprint density at radius 3 is 3.20 bits per heavy atom. The quantitative estimate of drug-likeness (QED) is 0.520. The number of hydrogen-bond acceptors (Lipinski definition) is 4. The summed E-state index contributed by atoms with van der Waals surface area (Å²) in [6, 6.07) is 0. The topological polar surface area (TPSA) is 80.5 Å². The minimum atomic E-state index is 0.402. The molecular weight excluding hydrogens is 130 g/mol. The number of nitrogen functional groups attached to an aromatic ring is 1. The maximum absolute atomic E-state index is 5.46. The fourth-order valence-electron chi connectivity index (χ4n) is 0.743. The van der Waals surface area contributed by atoms with Crippen molar-refractivity contribution in [3.05, 3.63) is 12.5 Å². The van der Waals surface area contributed by atoms with E-state index in [4.69, 9.17) is 5.73 Å². The molecule has 49 valence electrons. The third-order valence-electron chi connectivity index (χ3n) is 1.22. The number of aromatic amines is 1. The van der Waals surface area contributed by atoms with Crippen LogP contribution in [-0.4, -0.2) is 20.2 Å². The molecule has 0 spiro atoms. The van der Waals surface area contributed by atoms with Gasteiger partial charge in [0.15, 0.2) is 5.65 Å². The van der Waals surface area contributed by atoms with E-state index in [1.54, 1.807) is 6.20 Å². The highest BCUT2D eigenvalue weighted by Gasteiger charge is 1.99. The molecule has 5 heteroatoms. The Morgan fingerprint density at radius 1 is 1.50 bits per heavy atom. The third kappa shape index (κ3) is 0.540. The van der Waals surface area contributed by atoms with Crippen molar-refractivity contribution in [2.75, 3.05) is 5.73 Å². The molecule has 2 rings (SSSR count). The molecule has 0 aliphatic rings. The minimum absolute atomic E-state index is 0.402. The van der Waals surface area contributed by atoms with E-state index in [9.17, 15) is 0 Å². The average molecular weight is 134 g/mol. The van der Waals surface area contributed by atoms with Gasteiger partial charge < -0.3 is 5.73 Å². The van der Waals surface area contributed by atoms with Crippen molar-refractivity contribution in [3.63, 3.8) is 0 Å². The third-order valence-corrected chi connectivity index (χ3v) is 1.22. The first-order valence-electron chi connectivity index (χ1n) is 2.71. The molecule has 0 aliphatic heterocycles. The van der Waals surface area contributed by atoms with Gasteiger partial charge in [-0.1, -0.05) is 0 Å². The molecule has 2 heterocycles. The average Bonchev–Trinajstić information content (AvgIpc) is 2.36. The van der Waals surface area contributed by atoms with E-state index in [1.165, 1.54) is 0 Å². The van der Waals surface area contributed by atoms with Gasteiger partial charge in [0, 0.05) is 6.20 Å². The Balaban J connectivity index is 2.95. The summed E-state index contributed by atoms with van der Waals surface area (Å²) in [7, 11) is 0. The molecule has 3 N–H and O–H groups in total. The first kappa shape index (κ1) is 5.16. The molecule has 0 unspecified atom stereocenters. The van der Waals surface area contributed by atoms with Gasteiger partial charge in [-0.3, -0.25) is 5.10 Å². The van der Waals surface area contributed by atoms with Gasteiger partial charge in [-0.2, -0.15) is 5.10 Å². The maximum Gasteiger partial charge on any atom is 0.201 e. The Labute approximate surface area is 56.3 Å². The zero-order chi connectivity index (χ0) is 6.97. The molecule has 0 aliphatic carbocycles. The molecule has 2 aromatic rings. The van der Waals surface area contributed by atoms with Crippen LogP contribution in [0, 0.1) is 6.33 Å². The van der Waals surface area contributed by atoms with Gasteiger partial charge in [0.05, 0.1) is 5.39 Å². The van der Waals surface area contributed by atoms with Crippen LogP contribution in [0.25, 0.3) is 11.0 Å². The van der Waals surface area contributed by atoms with Crippen molar-refractivity contribution in [2.24, 2.45) is 0 Å². The van der Waals surface area contributed by atoms with Gasteiger partial charge in [-0.15, -0.1) is 0 Å². The second-order valence-electron chi connectivity index (χ2n) is 1.83. The zero-order valence-electron chi connectivity index (χ0n) is 5.00. The van der Waals surface area contributed by atoms with Crippen molar-refractivity contribution in [3.8, 4) is 0 Å². The first-order valence-corrected chi connectivity index (χ1v) is 2.71. The Bertz CT molecular complexity index is 352. The van der Waals surface area contributed by atoms with Gasteiger partial charge in [-0.05, 0) is 0 Å². The number of anilines is 1. The maximum atomic E-state index is 5.46. The van der Waals surface area contributed by atoms with Crippen LogP contribution >= 0.6 is 0 Å². The van der Waals surface area contributed by atoms with Crippen LogP contribution < -0.4 is 5.73 Å². The summed E-state index contributed by atoms with van der Waals surface area (Å²) in [5.74, 6) is 0.402. The van der Waals surface area contributed by atoms with Gasteiger partial charge in [0.2, 0.25) is 6.33 Å². The summed E-state index contributed by atoms with van der Waals surface area (Å²) >= 11 is 0. The second-order valence-corrected chi connectivity index (χ2v) is 1.83. The summed E-state index contributed by atoms with van der Waals surface area (Å²) in [6.07, 6.45) is 4.03. The number of nitrogens with two attached hydrogens (primary N) is 1. The number of hydrogen-bond donors (Lipinski definition) is 2. The van der Waals surface area contributed by atoms with Crippen LogP contribution in [-0.2, 0) is 0 Å². The van der Waals surface area contributed by atoms with Crippen LogP contribution in [0.5, 0.6) is 0 Å². The van der Waals surface area contributed by atoms with Crippen LogP contribution in [0.15, 0.2) is 6.20 Å². The lowest BCUT2D eigenvalue weighted by atomic mass is 10.4. The summed E-state index contributed by atoms with van der Waals surface area (Å²) in [5, 5.41) is 7.15. The molecule has 0 amide bonds. The van der Waals surface area contributed by atoms with Crippen molar-refractivity contribution in [1.29, 1.82) is 0 Å². The van der Waals surface area contributed by atoms with Crippen LogP contribution in [0.3, 0.4) is 0 Å². The number of fused-ring (bicyclic) bond motifs is 1. The second kappa shape index (κ2) is 1.66. The molecule has 2 aromatic heterocycles. The lowest BCUT2D eigenvalue weighted by Gasteiger charge is -1.87. The SMILES string of the molecule is Nc1n[c]nc2n[nH]cc12. The predicted octanol–water partition coefficient (Wildman–Crippen LogP) is -0.265. The predicted molar refractivity (Wildman–Crippen MR) is 34.9 cm³/mol. The minimum Gasteiger partial charge on any atom is -0.383 e. The highest BCUT2D eigenvalue weighted by atomic mass is 15.1. The molecule has 0 bridgehead atoms. The molecule has 10 heavy (non-hydrogen) atoms. The highest BCUT2D eigenvalue weighted by molar-refractivity contribution is 5.83. The molecule has 0 saturated carbocycles. The lowest BCUT2D eigenvalue weighted by Crippen LogP contribution is -1.91. The Hall–Kier alpha value is -1.65. The van der Waals surface area contributed by atoms with Gasteiger partial charge in [-0.25, -0.2) is 9.97 Å². The molecular formula is C5H4N5. The van der Waals surface area contributed by atoms with Gasteiger partial charge >= 0.3 is 0 Å². The smallest absolute Gasteiger partial charge is 0.201 e. The van der Waals surface area contributed by atoms with E-state index in [0.29, 0.717) is 11.5 Å². The van der Waals surface area contributed by atoms with Crippen LogP contribution in [0.4, 0.5) is 5.82 Å². The standard InChI is InChI=1S/C5H4N5/c6-4-3-1-9-10-5(3)8-2-7-4/h1H,(H3,6,7,8,9,10). The number of aromatic nitrogens is 4. The van der Waals surface area contributed by atoms with Crippen LogP contribution in [0.2, 0.25) is 0 Å². The molecule has 0 aromatic carbocycles. The summed E-state index contributed by atoms with van der Waals surface area (Å²) in [5.41, 5.74) is 6.01. The molecule has 0 atom stereocenters. The molecule has 0 saturated heterocycles. The number of nitrogens with one attached hydrogen (secondary N) is 1. The number of rotatable bonds is 0. The molecule has 5 nitrogen and oxygen atoms in total. The molecule has 0 fully saturated rings. The van der Waals surface area contributed by atoms with Gasteiger partial charge in [0.25, 0.3) is 0 Å². The van der Waals surface area contributed by atoms with E-state index in [1.807, 2.05) is 0 Å². The van der Waals surface area contributed by atoms with Crippen LogP contribution in [0.1, 0.15) is 0 Å². The lowest BCUT2D eigenvalue weighted by molar-refractivity contribution is 1.09. The van der Waals surface area contributed by atoms with E-state index in [0.717, 1.165) is 5.39 Å². The summed E-state index contributed by atoms with van der Waals surface area (Å²) in [4.78, 5) is 7.40. The number of nitrogens with zero attached hydrogens (tertiary/aromatic N) is 3. The van der Waals surface area contributed by atoms with E-state index in [-0.39, 0.29) is 0 Å². The monoisotopic (exact) mass is 134 g/mol. The van der Waals surface area contributed by atoms with Crippen molar-refractivity contribution in [2.45, 2.75) is 0 Å².